The molecule has 1 fully saturated rings. The number of nitrogens with zero attached hydrogens (tertiary/aromatic N) is 2. The highest BCUT2D eigenvalue weighted by molar-refractivity contribution is 7.09. The molecule has 16 heavy (non-hydrogen) atoms. The second kappa shape index (κ2) is 4.90. The van der Waals surface area contributed by atoms with Gasteiger partial charge in [0, 0.05) is 24.7 Å². The number of aliphatic hydroxyl groups excluding tert-OH is 1. The van der Waals surface area contributed by atoms with Gasteiger partial charge in [-0.05, 0) is 12.8 Å². The van der Waals surface area contributed by atoms with Crippen molar-refractivity contribution in [3.63, 3.8) is 0 Å². The second-order valence-electron chi connectivity index (χ2n) is 3.87. The lowest BCUT2D eigenvalue weighted by Gasteiger charge is -2.22. The van der Waals surface area contributed by atoms with Crippen LogP contribution in [0.25, 0.3) is 0 Å². The number of likely N-dealkylation sites (tertiary alicyclic amines) is 1. The van der Waals surface area contributed by atoms with Crippen molar-refractivity contribution < 1.29 is 9.90 Å². The topological polar surface area (TPSA) is 79.5 Å². The van der Waals surface area contributed by atoms with E-state index < -0.39 is 12.1 Å². The Bertz CT molecular complexity index is 349. The Labute approximate surface area is 97.9 Å². The predicted molar refractivity (Wildman–Crippen MR) is 60.9 cm³/mol. The number of carbonyl (C=O) groups is 1. The molecule has 1 aromatic rings. The van der Waals surface area contributed by atoms with Crippen LogP contribution in [0.5, 0.6) is 0 Å². The number of aromatic nitrogens is 1. The number of thiazole rings is 1. The molecule has 1 saturated heterocycles. The maximum Gasteiger partial charge on any atom is 0.242 e. The first-order valence-corrected chi connectivity index (χ1v) is 6.20. The fourth-order valence-electron chi connectivity index (χ4n) is 1.82. The highest BCUT2D eigenvalue weighted by atomic mass is 32.1. The summed E-state index contributed by atoms with van der Waals surface area (Å²) in [4.78, 5) is 17.6. The van der Waals surface area contributed by atoms with Crippen LogP contribution in [0.3, 0.4) is 0 Å². The van der Waals surface area contributed by atoms with Gasteiger partial charge >= 0.3 is 0 Å². The van der Waals surface area contributed by atoms with Crippen LogP contribution in [0.15, 0.2) is 11.6 Å². The summed E-state index contributed by atoms with van der Waals surface area (Å²) in [5.41, 5.74) is 5.76. The zero-order valence-electron chi connectivity index (χ0n) is 8.87. The molecule has 1 aromatic heterocycles. The molecule has 0 aliphatic carbocycles. The highest BCUT2D eigenvalue weighted by Crippen LogP contribution is 2.20. The molecule has 0 bridgehead atoms. The van der Waals surface area contributed by atoms with Crippen molar-refractivity contribution in [2.75, 3.05) is 13.1 Å². The zero-order valence-corrected chi connectivity index (χ0v) is 9.69. The van der Waals surface area contributed by atoms with Crippen molar-refractivity contribution >= 4 is 17.2 Å². The fourth-order valence-corrected chi connectivity index (χ4v) is 2.49. The van der Waals surface area contributed by atoms with E-state index in [1.54, 1.807) is 16.5 Å². The molecule has 1 amide bonds. The molecule has 0 radical (unpaired) electrons. The first kappa shape index (κ1) is 11.5. The third-order valence-corrected chi connectivity index (χ3v) is 3.59. The second-order valence-corrected chi connectivity index (χ2v) is 4.80. The Hall–Kier alpha value is -0.980. The van der Waals surface area contributed by atoms with E-state index in [1.807, 2.05) is 0 Å². The summed E-state index contributed by atoms with van der Waals surface area (Å²) in [7, 11) is 0. The third kappa shape index (κ3) is 2.23. The number of carbonyl (C=O) groups excluding carboxylic acids is 1. The average Bonchev–Trinajstić information content (AvgIpc) is 2.97. The van der Waals surface area contributed by atoms with Crippen LogP contribution in [-0.2, 0) is 4.79 Å². The van der Waals surface area contributed by atoms with E-state index in [9.17, 15) is 9.90 Å². The molecule has 0 spiro atoms. The molecule has 1 aliphatic rings. The van der Waals surface area contributed by atoms with Gasteiger partial charge in [0.15, 0.2) is 0 Å². The summed E-state index contributed by atoms with van der Waals surface area (Å²) in [6.45, 7) is 1.49. The van der Waals surface area contributed by atoms with Crippen molar-refractivity contribution in [2.24, 2.45) is 5.73 Å². The summed E-state index contributed by atoms with van der Waals surface area (Å²) < 4.78 is 0. The van der Waals surface area contributed by atoms with Gasteiger partial charge in [-0.25, -0.2) is 4.98 Å². The average molecular weight is 241 g/mol. The van der Waals surface area contributed by atoms with Crippen LogP contribution < -0.4 is 5.73 Å². The number of rotatable bonds is 3. The Morgan fingerprint density at radius 1 is 1.56 bits per heavy atom. The minimum atomic E-state index is -0.992. The van der Waals surface area contributed by atoms with Crippen LogP contribution in [0.1, 0.15) is 24.0 Å². The van der Waals surface area contributed by atoms with E-state index in [0.717, 1.165) is 25.9 Å². The summed E-state index contributed by atoms with van der Waals surface area (Å²) in [5.74, 6) is -0.180. The van der Waals surface area contributed by atoms with Crippen LogP contribution in [-0.4, -0.2) is 40.0 Å². The molecule has 0 unspecified atom stereocenters. The molecule has 6 heteroatoms. The third-order valence-electron chi connectivity index (χ3n) is 2.75. The minimum absolute atomic E-state index is 0.180. The quantitative estimate of drug-likeness (QED) is 0.788. The number of amides is 1. The first-order valence-electron chi connectivity index (χ1n) is 5.32. The normalized spacial score (nSPS) is 19.8. The summed E-state index contributed by atoms with van der Waals surface area (Å²) in [6.07, 6.45) is 2.64. The van der Waals surface area contributed by atoms with E-state index >= 15 is 0 Å². The Morgan fingerprint density at radius 3 is 2.81 bits per heavy atom. The van der Waals surface area contributed by atoms with Gasteiger partial charge in [-0.15, -0.1) is 11.3 Å². The molecule has 5 nitrogen and oxygen atoms in total. The van der Waals surface area contributed by atoms with Gasteiger partial charge in [-0.3, -0.25) is 4.79 Å². The minimum Gasteiger partial charge on any atom is -0.384 e. The van der Waals surface area contributed by atoms with Gasteiger partial charge < -0.3 is 15.7 Å². The first-order chi connectivity index (χ1) is 7.70. The Morgan fingerprint density at radius 2 is 2.25 bits per heavy atom. The molecule has 2 rings (SSSR count). The number of nitrogens with two attached hydrogens (primary N) is 1. The number of hydrogen-bond donors (Lipinski definition) is 2. The fraction of sp³-hybridized carbons (Fsp3) is 0.600. The smallest absolute Gasteiger partial charge is 0.242 e. The zero-order chi connectivity index (χ0) is 11.5. The van der Waals surface area contributed by atoms with Crippen LogP contribution >= 0.6 is 11.3 Å². The largest absolute Gasteiger partial charge is 0.384 e. The SMILES string of the molecule is N[C@@H](C(=O)N1CCCC1)[C@@H](O)c1nccs1. The van der Waals surface area contributed by atoms with Gasteiger partial charge in [0.2, 0.25) is 5.91 Å². The molecule has 2 atom stereocenters. The molecular weight excluding hydrogens is 226 g/mol. The molecule has 88 valence electrons. The molecule has 0 aromatic carbocycles. The molecule has 2 heterocycles. The van der Waals surface area contributed by atoms with E-state index in [-0.39, 0.29) is 5.91 Å². The lowest BCUT2D eigenvalue weighted by Crippen LogP contribution is -2.45. The van der Waals surface area contributed by atoms with E-state index in [0.29, 0.717) is 5.01 Å². The predicted octanol–water partition coefficient (Wildman–Crippen LogP) is 0.126. The van der Waals surface area contributed by atoms with Crippen LogP contribution in [0.2, 0.25) is 0 Å². The van der Waals surface area contributed by atoms with Gasteiger partial charge in [0.1, 0.15) is 17.2 Å². The maximum atomic E-state index is 11.9. The molecule has 3 N–H and O–H groups in total. The lowest BCUT2D eigenvalue weighted by atomic mass is 10.1. The standard InChI is InChI=1S/C10H15N3O2S/c11-7(8(14)9-12-3-6-16-9)10(15)13-4-1-2-5-13/h3,6-8,14H,1-2,4-5,11H2/t7-,8-/m1/s1. The number of aliphatic hydroxyl groups is 1. The van der Waals surface area contributed by atoms with Crippen molar-refractivity contribution in [2.45, 2.75) is 25.0 Å². The van der Waals surface area contributed by atoms with E-state index in [1.165, 1.54) is 11.3 Å². The molecule has 0 saturated carbocycles. The van der Waals surface area contributed by atoms with Crippen molar-refractivity contribution in [3.05, 3.63) is 16.6 Å². The Kier molecular flexibility index (Phi) is 3.52. The monoisotopic (exact) mass is 241 g/mol. The van der Waals surface area contributed by atoms with Crippen LogP contribution in [0, 0.1) is 0 Å². The van der Waals surface area contributed by atoms with Crippen molar-refractivity contribution in [1.29, 1.82) is 0 Å². The van der Waals surface area contributed by atoms with Crippen molar-refractivity contribution in [1.82, 2.24) is 9.88 Å². The lowest BCUT2D eigenvalue weighted by molar-refractivity contribution is -0.134. The number of hydrogen-bond acceptors (Lipinski definition) is 5. The highest BCUT2D eigenvalue weighted by Gasteiger charge is 2.30. The summed E-state index contributed by atoms with van der Waals surface area (Å²) in [5, 5.41) is 12.1. The summed E-state index contributed by atoms with van der Waals surface area (Å²) >= 11 is 1.31. The maximum absolute atomic E-state index is 11.9. The van der Waals surface area contributed by atoms with E-state index in [2.05, 4.69) is 4.98 Å². The van der Waals surface area contributed by atoms with Gasteiger partial charge in [-0.1, -0.05) is 0 Å². The van der Waals surface area contributed by atoms with Gasteiger partial charge in [-0.2, -0.15) is 0 Å². The van der Waals surface area contributed by atoms with E-state index in [4.69, 9.17) is 5.73 Å². The van der Waals surface area contributed by atoms with Crippen molar-refractivity contribution in [3.8, 4) is 0 Å². The molecule has 1 aliphatic heterocycles. The summed E-state index contributed by atoms with van der Waals surface area (Å²) in [6, 6.07) is -0.899. The van der Waals surface area contributed by atoms with Gasteiger partial charge in [0.25, 0.3) is 0 Å². The van der Waals surface area contributed by atoms with Crippen LogP contribution in [0.4, 0.5) is 0 Å². The van der Waals surface area contributed by atoms with Gasteiger partial charge in [0.05, 0.1) is 0 Å². The Balaban J connectivity index is 2.01. The molecular formula is C10H15N3O2S.